The van der Waals surface area contributed by atoms with Gasteiger partial charge >= 0.3 is 0 Å². The van der Waals surface area contributed by atoms with Gasteiger partial charge in [-0.05, 0) is 26.2 Å². The van der Waals surface area contributed by atoms with Crippen LogP contribution in [0.5, 0.6) is 0 Å². The van der Waals surface area contributed by atoms with Crippen LogP contribution in [0.4, 0.5) is 0 Å². The Kier molecular flexibility index (Phi) is 4.18. The minimum Gasteiger partial charge on any atom is -0.353 e. The van der Waals surface area contributed by atoms with Crippen molar-refractivity contribution in [2.45, 2.75) is 45.1 Å². The molecule has 0 unspecified atom stereocenters. The summed E-state index contributed by atoms with van der Waals surface area (Å²) in [4.78, 5) is 26.6. The Balaban J connectivity index is 1.58. The maximum absolute atomic E-state index is 12.5. The molecule has 6 heteroatoms. The Morgan fingerprint density at radius 2 is 2.00 bits per heavy atom. The van der Waals surface area contributed by atoms with Crippen LogP contribution in [0.2, 0.25) is 0 Å². The van der Waals surface area contributed by atoms with E-state index in [-0.39, 0.29) is 17.7 Å². The summed E-state index contributed by atoms with van der Waals surface area (Å²) in [6, 6.07) is 0.345. The molecule has 1 saturated carbocycles. The number of rotatable bonds is 3. The first kappa shape index (κ1) is 15.1. The number of hydrogen-bond acceptors (Lipinski definition) is 3. The van der Waals surface area contributed by atoms with Crippen molar-refractivity contribution in [3.05, 3.63) is 17.5 Å². The summed E-state index contributed by atoms with van der Waals surface area (Å²) < 4.78 is 1.66. The summed E-state index contributed by atoms with van der Waals surface area (Å²) in [6.07, 6.45) is 7.11. The normalized spacial score (nSPS) is 22.3. The molecule has 2 heterocycles. The van der Waals surface area contributed by atoms with Gasteiger partial charge in [0.1, 0.15) is 0 Å². The Morgan fingerprint density at radius 3 is 2.64 bits per heavy atom. The Morgan fingerprint density at radius 1 is 1.27 bits per heavy atom. The molecule has 1 saturated heterocycles. The van der Waals surface area contributed by atoms with E-state index in [0.29, 0.717) is 24.7 Å². The molecule has 0 bridgehead atoms. The third-order valence-corrected chi connectivity index (χ3v) is 4.79. The number of hydrogen-bond donors (Lipinski definition) is 1. The summed E-state index contributed by atoms with van der Waals surface area (Å²) in [7, 11) is 1.81. The van der Waals surface area contributed by atoms with E-state index in [9.17, 15) is 9.59 Å². The molecule has 1 aliphatic carbocycles. The van der Waals surface area contributed by atoms with E-state index in [4.69, 9.17) is 0 Å². The Hall–Kier alpha value is -1.85. The average Bonchev–Trinajstić information content (AvgIpc) is 3.18. The van der Waals surface area contributed by atoms with Crippen molar-refractivity contribution in [2.24, 2.45) is 13.0 Å². The van der Waals surface area contributed by atoms with Gasteiger partial charge < -0.3 is 10.2 Å². The lowest BCUT2D eigenvalue weighted by Gasteiger charge is -2.18. The van der Waals surface area contributed by atoms with Gasteiger partial charge in [-0.3, -0.25) is 14.3 Å². The average molecular weight is 304 g/mol. The summed E-state index contributed by atoms with van der Waals surface area (Å²) in [5.74, 6) is 0.0356. The Labute approximate surface area is 130 Å². The minimum atomic E-state index is -0.0680. The van der Waals surface area contributed by atoms with Crippen LogP contribution >= 0.6 is 0 Å². The van der Waals surface area contributed by atoms with Crippen LogP contribution in [0.25, 0.3) is 0 Å². The molecule has 2 amide bonds. The quantitative estimate of drug-likeness (QED) is 0.914. The fourth-order valence-electron chi connectivity index (χ4n) is 3.53. The zero-order valence-electron chi connectivity index (χ0n) is 13.3. The van der Waals surface area contributed by atoms with E-state index in [0.717, 1.165) is 25.0 Å². The molecule has 1 aliphatic heterocycles. The zero-order valence-corrected chi connectivity index (χ0v) is 13.3. The SMILES string of the molecule is Cc1nn(C)cc1C(=O)N1CC[C@H](C(=O)NC2CCCC2)C1. The van der Waals surface area contributed by atoms with Gasteiger partial charge in [-0.2, -0.15) is 5.10 Å². The van der Waals surface area contributed by atoms with Crippen LogP contribution in [0.15, 0.2) is 6.20 Å². The minimum absolute atomic E-state index is 0.0123. The van der Waals surface area contributed by atoms with Crippen LogP contribution in [-0.4, -0.2) is 45.6 Å². The molecule has 2 aliphatic rings. The fraction of sp³-hybridized carbons (Fsp3) is 0.688. The highest BCUT2D eigenvalue weighted by molar-refractivity contribution is 5.95. The number of amides is 2. The third-order valence-electron chi connectivity index (χ3n) is 4.79. The van der Waals surface area contributed by atoms with Crippen LogP contribution in [0.3, 0.4) is 0 Å². The van der Waals surface area contributed by atoms with E-state index in [1.165, 1.54) is 12.8 Å². The largest absolute Gasteiger partial charge is 0.353 e. The fourth-order valence-corrected chi connectivity index (χ4v) is 3.53. The van der Waals surface area contributed by atoms with Crippen molar-refractivity contribution < 1.29 is 9.59 Å². The summed E-state index contributed by atoms with van der Waals surface area (Å²) in [6.45, 7) is 3.01. The summed E-state index contributed by atoms with van der Waals surface area (Å²) in [5, 5.41) is 7.36. The van der Waals surface area contributed by atoms with Crippen LogP contribution in [0.1, 0.15) is 48.2 Å². The van der Waals surface area contributed by atoms with Gasteiger partial charge in [-0.1, -0.05) is 12.8 Å². The maximum Gasteiger partial charge on any atom is 0.257 e. The molecular formula is C16H24N4O2. The molecule has 0 aromatic carbocycles. The predicted octanol–water partition coefficient (Wildman–Crippen LogP) is 1.25. The van der Waals surface area contributed by atoms with Gasteiger partial charge in [-0.15, -0.1) is 0 Å². The molecule has 1 aromatic heterocycles. The zero-order chi connectivity index (χ0) is 15.7. The number of nitrogens with one attached hydrogen (secondary N) is 1. The first-order valence-electron chi connectivity index (χ1n) is 8.14. The lowest BCUT2D eigenvalue weighted by molar-refractivity contribution is -0.125. The van der Waals surface area contributed by atoms with Gasteiger partial charge in [0.05, 0.1) is 17.2 Å². The molecule has 1 aromatic rings. The van der Waals surface area contributed by atoms with Crippen molar-refractivity contribution in [1.29, 1.82) is 0 Å². The summed E-state index contributed by atoms with van der Waals surface area (Å²) in [5.41, 5.74) is 1.38. The number of carbonyl (C=O) groups is 2. The highest BCUT2D eigenvalue weighted by Crippen LogP contribution is 2.22. The van der Waals surface area contributed by atoms with Crippen LogP contribution in [-0.2, 0) is 11.8 Å². The van der Waals surface area contributed by atoms with E-state index >= 15 is 0 Å². The molecule has 120 valence electrons. The molecule has 0 spiro atoms. The lowest BCUT2D eigenvalue weighted by atomic mass is 10.1. The number of aromatic nitrogens is 2. The van der Waals surface area contributed by atoms with Gasteiger partial charge in [0.15, 0.2) is 0 Å². The van der Waals surface area contributed by atoms with Crippen molar-refractivity contribution >= 4 is 11.8 Å². The maximum atomic E-state index is 12.5. The topological polar surface area (TPSA) is 67.2 Å². The second-order valence-electron chi connectivity index (χ2n) is 6.53. The van der Waals surface area contributed by atoms with Crippen molar-refractivity contribution in [3.8, 4) is 0 Å². The van der Waals surface area contributed by atoms with Gasteiger partial charge in [0, 0.05) is 32.4 Å². The van der Waals surface area contributed by atoms with Crippen LogP contribution in [0, 0.1) is 12.8 Å². The predicted molar refractivity (Wildman–Crippen MR) is 82.4 cm³/mol. The Bertz CT molecular complexity index is 575. The van der Waals surface area contributed by atoms with E-state index in [1.54, 1.807) is 15.8 Å². The number of nitrogens with zero attached hydrogens (tertiary/aromatic N) is 3. The first-order chi connectivity index (χ1) is 10.5. The monoisotopic (exact) mass is 304 g/mol. The molecule has 6 nitrogen and oxygen atoms in total. The van der Waals surface area contributed by atoms with E-state index in [2.05, 4.69) is 10.4 Å². The first-order valence-corrected chi connectivity index (χ1v) is 8.14. The standard InChI is InChI=1S/C16H24N4O2/c1-11-14(10-19(2)18-11)16(22)20-8-7-12(9-20)15(21)17-13-5-3-4-6-13/h10,12-13H,3-9H2,1-2H3,(H,17,21)/t12-/m0/s1. The second-order valence-corrected chi connectivity index (χ2v) is 6.53. The molecule has 22 heavy (non-hydrogen) atoms. The van der Waals surface area contributed by atoms with Gasteiger partial charge in [0.25, 0.3) is 5.91 Å². The molecule has 3 rings (SSSR count). The lowest BCUT2D eigenvalue weighted by Crippen LogP contribution is -2.39. The number of aryl methyl sites for hydroxylation is 2. The highest BCUT2D eigenvalue weighted by atomic mass is 16.2. The molecule has 1 atom stereocenters. The number of carbonyl (C=O) groups excluding carboxylic acids is 2. The molecule has 0 radical (unpaired) electrons. The molecular weight excluding hydrogens is 280 g/mol. The molecule has 1 N–H and O–H groups in total. The van der Waals surface area contributed by atoms with Crippen molar-refractivity contribution in [1.82, 2.24) is 20.0 Å². The van der Waals surface area contributed by atoms with E-state index in [1.807, 2.05) is 14.0 Å². The van der Waals surface area contributed by atoms with Crippen molar-refractivity contribution in [2.75, 3.05) is 13.1 Å². The third kappa shape index (κ3) is 3.00. The van der Waals surface area contributed by atoms with Gasteiger partial charge in [0.2, 0.25) is 5.91 Å². The van der Waals surface area contributed by atoms with Gasteiger partial charge in [-0.25, -0.2) is 0 Å². The highest BCUT2D eigenvalue weighted by Gasteiger charge is 2.33. The van der Waals surface area contributed by atoms with E-state index < -0.39 is 0 Å². The molecule has 2 fully saturated rings. The smallest absolute Gasteiger partial charge is 0.257 e. The van der Waals surface area contributed by atoms with Crippen LogP contribution < -0.4 is 5.32 Å². The van der Waals surface area contributed by atoms with Crippen molar-refractivity contribution in [3.63, 3.8) is 0 Å². The number of likely N-dealkylation sites (tertiary alicyclic amines) is 1. The second kappa shape index (κ2) is 6.10. The summed E-state index contributed by atoms with van der Waals surface area (Å²) >= 11 is 0.